The highest BCUT2D eigenvalue weighted by molar-refractivity contribution is 5.79. The first kappa shape index (κ1) is 18.7. The average Bonchev–Trinajstić information content (AvgIpc) is 2.70. The fraction of sp³-hybridized carbons (Fsp3) is 0.609. The minimum atomic E-state index is 0.0562. The second-order valence-corrected chi connectivity index (χ2v) is 8.51. The van der Waals surface area contributed by atoms with Crippen LogP contribution in [0.25, 0.3) is 10.9 Å². The number of aromatic amines is 1. The fourth-order valence-corrected chi connectivity index (χ4v) is 5.05. The van der Waals surface area contributed by atoms with Gasteiger partial charge in [-0.05, 0) is 61.4 Å². The molecule has 1 unspecified atom stereocenters. The van der Waals surface area contributed by atoms with Gasteiger partial charge in [0.15, 0.2) is 0 Å². The van der Waals surface area contributed by atoms with E-state index in [1.165, 1.54) is 43.1 Å². The van der Waals surface area contributed by atoms with Crippen molar-refractivity contribution in [3.8, 4) is 0 Å². The second-order valence-electron chi connectivity index (χ2n) is 8.51. The van der Waals surface area contributed by atoms with Gasteiger partial charge in [0.05, 0.1) is 0 Å². The van der Waals surface area contributed by atoms with Crippen molar-refractivity contribution < 1.29 is 0 Å². The molecule has 2 aliphatic rings. The molecule has 1 aliphatic carbocycles. The quantitative estimate of drug-likeness (QED) is 0.889. The first-order valence-electron chi connectivity index (χ1n) is 10.7. The second kappa shape index (κ2) is 8.15. The van der Waals surface area contributed by atoms with Crippen molar-refractivity contribution in [3.63, 3.8) is 0 Å². The van der Waals surface area contributed by atoms with Crippen LogP contribution < -0.4 is 5.56 Å². The maximum atomic E-state index is 12.1. The number of rotatable bonds is 4. The lowest BCUT2D eigenvalue weighted by Gasteiger charge is -2.43. The molecule has 1 aliphatic heterocycles. The summed E-state index contributed by atoms with van der Waals surface area (Å²) in [4.78, 5) is 20.4. The summed E-state index contributed by atoms with van der Waals surface area (Å²) in [6.07, 6.45) is 7.61. The number of hydrogen-bond donors (Lipinski definition) is 1. The van der Waals surface area contributed by atoms with E-state index in [0.29, 0.717) is 6.04 Å². The zero-order valence-electron chi connectivity index (χ0n) is 16.8. The summed E-state index contributed by atoms with van der Waals surface area (Å²) in [5, 5.41) is 1.18. The molecule has 27 heavy (non-hydrogen) atoms. The number of likely N-dealkylation sites (N-methyl/N-ethyl adjacent to an activating group) is 1. The maximum Gasteiger partial charge on any atom is 0.251 e. The van der Waals surface area contributed by atoms with Crippen LogP contribution in [-0.4, -0.2) is 48.0 Å². The van der Waals surface area contributed by atoms with Crippen LogP contribution in [0.2, 0.25) is 0 Å². The Morgan fingerprint density at radius 2 is 1.81 bits per heavy atom. The van der Waals surface area contributed by atoms with Crippen LogP contribution in [-0.2, 0) is 6.42 Å². The third-order valence-corrected chi connectivity index (χ3v) is 6.70. The van der Waals surface area contributed by atoms with Gasteiger partial charge in [0.1, 0.15) is 0 Å². The maximum absolute atomic E-state index is 12.1. The van der Waals surface area contributed by atoms with Crippen LogP contribution in [0, 0.1) is 5.92 Å². The van der Waals surface area contributed by atoms with Crippen LogP contribution in [0.3, 0.4) is 0 Å². The van der Waals surface area contributed by atoms with Crippen LogP contribution in [0.4, 0.5) is 0 Å². The van der Waals surface area contributed by atoms with Crippen molar-refractivity contribution in [1.29, 1.82) is 0 Å². The topological polar surface area (TPSA) is 39.3 Å². The smallest absolute Gasteiger partial charge is 0.251 e. The fourth-order valence-electron chi connectivity index (χ4n) is 5.05. The first-order chi connectivity index (χ1) is 13.2. The molecular formula is C23H33N3O. The van der Waals surface area contributed by atoms with E-state index in [1.807, 2.05) is 0 Å². The third-order valence-electron chi connectivity index (χ3n) is 6.70. The summed E-state index contributed by atoms with van der Waals surface area (Å²) < 4.78 is 0. The standard InChI is InChI=1S/C23H33N3O/c1-3-17-15-20-16-19(9-10-21(20)24-23(17)27)22(18-7-5-4-6-8-18)26-13-11-25(2)12-14-26/h9-10,15-16,18,22H,3-8,11-14H2,1-2H3,(H,24,27). The van der Waals surface area contributed by atoms with E-state index in [2.05, 4.69) is 53.0 Å². The monoisotopic (exact) mass is 367 g/mol. The molecule has 2 fully saturated rings. The molecule has 1 atom stereocenters. The predicted molar refractivity (Wildman–Crippen MR) is 112 cm³/mol. The number of nitrogens with one attached hydrogen (secondary N) is 1. The molecule has 1 saturated heterocycles. The largest absolute Gasteiger partial charge is 0.322 e. The molecule has 0 spiro atoms. The van der Waals surface area contributed by atoms with Gasteiger partial charge < -0.3 is 9.88 Å². The molecule has 1 aromatic heterocycles. The van der Waals surface area contributed by atoms with Gasteiger partial charge >= 0.3 is 0 Å². The molecular weight excluding hydrogens is 334 g/mol. The molecule has 2 aromatic rings. The van der Waals surface area contributed by atoms with Gasteiger partial charge in [-0.15, -0.1) is 0 Å². The van der Waals surface area contributed by atoms with Crippen molar-refractivity contribution >= 4 is 10.9 Å². The number of aryl methyl sites for hydroxylation is 1. The van der Waals surface area contributed by atoms with E-state index in [0.717, 1.165) is 49.6 Å². The van der Waals surface area contributed by atoms with Gasteiger partial charge in [0.2, 0.25) is 0 Å². The lowest BCUT2D eigenvalue weighted by Crippen LogP contribution is -2.47. The lowest BCUT2D eigenvalue weighted by molar-refractivity contribution is 0.0671. The van der Waals surface area contributed by atoms with Crippen LogP contribution in [0.5, 0.6) is 0 Å². The molecule has 1 N–H and O–H groups in total. The van der Waals surface area contributed by atoms with Gasteiger partial charge in [-0.3, -0.25) is 9.69 Å². The normalized spacial score (nSPS) is 21.6. The number of pyridine rings is 1. The molecule has 1 saturated carbocycles. The molecule has 0 amide bonds. The molecule has 4 heteroatoms. The Morgan fingerprint density at radius 3 is 2.52 bits per heavy atom. The average molecular weight is 368 g/mol. The third kappa shape index (κ3) is 3.97. The summed E-state index contributed by atoms with van der Waals surface area (Å²) in [5.74, 6) is 0.757. The van der Waals surface area contributed by atoms with Gasteiger partial charge in [0.25, 0.3) is 5.56 Å². The van der Waals surface area contributed by atoms with E-state index in [9.17, 15) is 4.79 Å². The van der Waals surface area contributed by atoms with Crippen molar-refractivity contribution in [2.45, 2.75) is 51.5 Å². The predicted octanol–water partition coefficient (Wildman–Crippen LogP) is 3.96. The van der Waals surface area contributed by atoms with Gasteiger partial charge in [0, 0.05) is 43.3 Å². The summed E-state index contributed by atoms with van der Waals surface area (Å²) in [7, 11) is 2.23. The SMILES string of the molecule is CCc1cc2cc(C(C3CCCCC3)N3CCN(C)CC3)ccc2[nH]c1=O. The van der Waals surface area contributed by atoms with Crippen LogP contribution in [0.1, 0.15) is 56.2 Å². The van der Waals surface area contributed by atoms with E-state index >= 15 is 0 Å². The first-order valence-corrected chi connectivity index (χ1v) is 10.7. The van der Waals surface area contributed by atoms with Crippen LogP contribution in [0.15, 0.2) is 29.1 Å². The summed E-state index contributed by atoms with van der Waals surface area (Å²) in [6, 6.07) is 9.35. The van der Waals surface area contributed by atoms with Gasteiger partial charge in [-0.2, -0.15) is 0 Å². The minimum Gasteiger partial charge on any atom is -0.322 e. The molecule has 0 bridgehead atoms. The summed E-state index contributed by atoms with van der Waals surface area (Å²) in [6.45, 7) is 6.67. The zero-order chi connectivity index (χ0) is 18.8. The Morgan fingerprint density at radius 1 is 1.07 bits per heavy atom. The van der Waals surface area contributed by atoms with E-state index in [1.54, 1.807) is 0 Å². The highest BCUT2D eigenvalue weighted by Gasteiger charge is 2.31. The van der Waals surface area contributed by atoms with Crippen molar-refractivity contribution in [1.82, 2.24) is 14.8 Å². The Bertz CT molecular complexity index is 829. The van der Waals surface area contributed by atoms with Crippen LogP contribution >= 0.6 is 0 Å². The zero-order valence-corrected chi connectivity index (χ0v) is 16.8. The number of nitrogens with zero attached hydrogens (tertiary/aromatic N) is 2. The highest BCUT2D eigenvalue weighted by atomic mass is 16.1. The minimum absolute atomic E-state index is 0.0562. The Labute approximate surface area is 162 Å². The Hall–Kier alpha value is -1.65. The molecule has 2 heterocycles. The molecule has 1 aromatic carbocycles. The van der Waals surface area contributed by atoms with E-state index in [4.69, 9.17) is 0 Å². The van der Waals surface area contributed by atoms with E-state index < -0.39 is 0 Å². The van der Waals surface area contributed by atoms with Crippen molar-refractivity contribution in [2.75, 3.05) is 33.2 Å². The number of hydrogen-bond acceptors (Lipinski definition) is 3. The summed E-state index contributed by atoms with van der Waals surface area (Å²) >= 11 is 0. The van der Waals surface area contributed by atoms with Crippen molar-refractivity contribution in [2.24, 2.45) is 5.92 Å². The number of benzene rings is 1. The number of aromatic nitrogens is 1. The number of H-pyrrole nitrogens is 1. The lowest BCUT2D eigenvalue weighted by atomic mass is 9.80. The van der Waals surface area contributed by atoms with E-state index in [-0.39, 0.29) is 5.56 Å². The highest BCUT2D eigenvalue weighted by Crippen LogP contribution is 2.39. The number of piperazine rings is 1. The molecule has 4 nitrogen and oxygen atoms in total. The van der Waals surface area contributed by atoms with Gasteiger partial charge in [-0.1, -0.05) is 32.3 Å². The Balaban J connectivity index is 1.71. The molecule has 146 valence electrons. The molecule has 4 rings (SSSR count). The molecule has 0 radical (unpaired) electrons. The van der Waals surface area contributed by atoms with Gasteiger partial charge in [-0.25, -0.2) is 0 Å². The number of fused-ring (bicyclic) bond motifs is 1. The summed E-state index contributed by atoms with van der Waals surface area (Å²) in [5.41, 5.74) is 3.34. The Kier molecular flexibility index (Phi) is 5.65. The van der Waals surface area contributed by atoms with Crippen molar-refractivity contribution in [3.05, 3.63) is 45.7 Å².